The number of hydrogen-bond donors (Lipinski definition) is 0. The van der Waals surface area contributed by atoms with Gasteiger partial charge in [0, 0.05) is 12.1 Å². The van der Waals surface area contributed by atoms with Gasteiger partial charge in [0.05, 0.1) is 18.2 Å². The topological polar surface area (TPSA) is 62.6 Å². The van der Waals surface area contributed by atoms with Crippen molar-refractivity contribution in [3.63, 3.8) is 0 Å². The number of rotatable bonds is 7. The van der Waals surface area contributed by atoms with Gasteiger partial charge in [0.1, 0.15) is 18.1 Å². The number of likely N-dealkylation sites (N-methyl/N-ethyl adjacent to an activating group) is 1. The van der Waals surface area contributed by atoms with E-state index < -0.39 is 6.10 Å². The summed E-state index contributed by atoms with van der Waals surface area (Å²) in [6.45, 7) is 2.49. The van der Waals surface area contributed by atoms with E-state index in [2.05, 4.69) is 0 Å². The van der Waals surface area contributed by atoms with E-state index in [-0.39, 0.29) is 5.91 Å². The molecule has 0 radical (unpaired) electrons. The molecule has 25 heavy (non-hydrogen) atoms. The van der Waals surface area contributed by atoms with Crippen LogP contribution in [0.4, 0.5) is 0 Å². The summed E-state index contributed by atoms with van der Waals surface area (Å²) in [5.41, 5.74) is 0.544. The number of hydrogen-bond acceptors (Lipinski definition) is 4. The highest BCUT2D eigenvalue weighted by molar-refractivity contribution is 6.30. The molecule has 2 aromatic carbocycles. The van der Waals surface area contributed by atoms with Crippen LogP contribution in [0.2, 0.25) is 5.02 Å². The van der Waals surface area contributed by atoms with Gasteiger partial charge in [0.15, 0.2) is 6.10 Å². The molecule has 0 aliphatic carbocycles. The Morgan fingerprint density at radius 1 is 1.16 bits per heavy atom. The molecule has 0 saturated carbocycles. The molecule has 1 atom stereocenters. The number of ether oxygens (including phenoxy) is 2. The van der Waals surface area contributed by atoms with Crippen LogP contribution in [0.15, 0.2) is 48.5 Å². The van der Waals surface area contributed by atoms with Gasteiger partial charge in [-0.15, -0.1) is 0 Å². The molecule has 2 aromatic rings. The van der Waals surface area contributed by atoms with E-state index in [0.29, 0.717) is 35.2 Å². The van der Waals surface area contributed by atoms with Crippen molar-refractivity contribution in [1.29, 1.82) is 5.26 Å². The maximum Gasteiger partial charge on any atom is 0.263 e. The zero-order valence-corrected chi connectivity index (χ0v) is 14.9. The predicted molar refractivity (Wildman–Crippen MR) is 95.8 cm³/mol. The number of carbonyl (C=O) groups excluding carboxylic acids is 1. The first-order chi connectivity index (χ1) is 12.0. The average molecular weight is 359 g/mol. The molecule has 0 saturated heterocycles. The van der Waals surface area contributed by atoms with Crippen LogP contribution < -0.4 is 9.47 Å². The highest BCUT2D eigenvalue weighted by atomic mass is 35.5. The van der Waals surface area contributed by atoms with Gasteiger partial charge in [-0.2, -0.15) is 5.26 Å². The second kappa shape index (κ2) is 8.95. The van der Waals surface area contributed by atoms with Crippen LogP contribution in [-0.2, 0) is 4.79 Å². The lowest BCUT2D eigenvalue weighted by Crippen LogP contribution is -2.39. The summed E-state index contributed by atoms with van der Waals surface area (Å²) in [6.07, 6.45) is -0.631. The monoisotopic (exact) mass is 358 g/mol. The Labute approximate surface area is 152 Å². The quantitative estimate of drug-likeness (QED) is 0.759. The Morgan fingerprint density at radius 3 is 2.36 bits per heavy atom. The Kier molecular flexibility index (Phi) is 6.67. The van der Waals surface area contributed by atoms with Crippen LogP contribution in [0, 0.1) is 11.3 Å². The lowest BCUT2D eigenvalue weighted by atomic mass is 10.2. The fraction of sp³-hybridized carbons (Fsp3) is 0.263. The SMILES string of the molecule is C[C@@H](Oc1ccc(C#N)cc1)C(=O)N(C)CCOc1ccc(Cl)cc1. The third-order valence-corrected chi connectivity index (χ3v) is 3.78. The number of nitriles is 1. The van der Waals surface area contributed by atoms with Gasteiger partial charge in [0.2, 0.25) is 0 Å². The normalized spacial score (nSPS) is 11.3. The van der Waals surface area contributed by atoms with Crippen molar-refractivity contribution in [2.75, 3.05) is 20.2 Å². The first kappa shape index (κ1) is 18.6. The molecule has 0 aromatic heterocycles. The van der Waals surface area contributed by atoms with E-state index in [1.54, 1.807) is 67.4 Å². The van der Waals surface area contributed by atoms with Crippen LogP contribution in [0.3, 0.4) is 0 Å². The third-order valence-electron chi connectivity index (χ3n) is 3.53. The molecule has 0 heterocycles. The summed E-state index contributed by atoms with van der Waals surface area (Å²) in [5.74, 6) is 1.10. The van der Waals surface area contributed by atoms with Crippen molar-refractivity contribution in [3.8, 4) is 17.6 Å². The molecule has 2 rings (SSSR count). The van der Waals surface area contributed by atoms with Crippen LogP contribution in [0.25, 0.3) is 0 Å². The maximum absolute atomic E-state index is 12.3. The number of halogens is 1. The van der Waals surface area contributed by atoms with Crippen molar-refractivity contribution in [2.45, 2.75) is 13.0 Å². The number of carbonyl (C=O) groups is 1. The van der Waals surface area contributed by atoms with Crippen LogP contribution in [-0.4, -0.2) is 37.1 Å². The minimum atomic E-state index is -0.631. The molecule has 0 N–H and O–H groups in total. The molecule has 6 heteroatoms. The van der Waals surface area contributed by atoms with E-state index in [9.17, 15) is 4.79 Å². The Bertz CT molecular complexity index is 739. The van der Waals surface area contributed by atoms with Crippen molar-refractivity contribution in [2.24, 2.45) is 0 Å². The minimum absolute atomic E-state index is 0.149. The Morgan fingerprint density at radius 2 is 1.76 bits per heavy atom. The smallest absolute Gasteiger partial charge is 0.263 e. The molecule has 130 valence electrons. The highest BCUT2D eigenvalue weighted by Crippen LogP contribution is 2.16. The fourth-order valence-electron chi connectivity index (χ4n) is 2.11. The first-order valence-corrected chi connectivity index (χ1v) is 8.17. The zero-order valence-electron chi connectivity index (χ0n) is 14.1. The molecule has 0 unspecified atom stereocenters. The van der Waals surface area contributed by atoms with Crippen molar-refractivity contribution >= 4 is 17.5 Å². The standard InChI is InChI=1S/C19H19ClN2O3/c1-14(25-18-7-3-15(13-21)4-8-18)19(23)22(2)11-12-24-17-9-5-16(20)6-10-17/h3-10,14H,11-12H2,1-2H3/t14-/m1/s1. The first-order valence-electron chi connectivity index (χ1n) is 7.80. The second-order valence-corrected chi connectivity index (χ2v) is 5.89. The van der Waals surface area contributed by atoms with Crippen LogP contribution in [0.1, 0.15) is 12.5 Å². The van der Waals surface area contributed by atoms with E-state index >= 15 is 0 Å². The third kappa shape index (κ3) is 5.70. The van der Waals surface area contributed by atoms with Gasteiger partial charge in [-0.3, -0.25) is 4.79 Å². The van der Waals surface area contributed by atoms with Gasteiger partial charge < -0.3 is 14.4 Å². The summed E-state index contributed by atoms with van der Waals surface area (Å²) < 4.78 is 11.2. The molecule has 0 spiro atoms. The molecule has 0 aliphatic rings. The second-order valence-electron chi connectivity index (χ2n) is 5.46. The van der Waals surface area contributed by atoms with Gasteiger partial charge in [-0.1, -0.05) is 11.6 Å². The van der Waals surface area contributed by atoms with Gasteiger partial charge in [0.25, 0.3) is 5.91 Å². The predicted octanol–water partition coefficient (Wildman–Crippen LogP) is 3.52. The zero-order chi connectivity index (χ0) is 18.2. The van der Waals surface area contributed by atoms with E-state index in [1.165, 1.54) is 0 Å². The van der Waals surface area contributed by atoms with Crippen LogP contribution >= 0.6 is 11.6 Å². The lowest BCUT2D eigenvalue weighted by molar-refractivity contribution is -0.136. The number of nitrogens with zero attached hydrogens (tertiary/aromatic N) is 2. The molecular weight excluding hydrogens is 340 g/mol. The molecular formula is C19H19ClN2O3. The van der Waals surface area contributed by atoms with Crippen molar-refractivity contribution in [1.82, 2.24) is 4.90 Å². The summed E-state index contributed by atoms with van der Waals surface area (Å²) >= 11 is 5.82. The fourth-order valence-corrected chi connectivity index (χ4v) is 2.24. The summed E-state index contributed by atoms with van der Waals surface area (Å²) in [7, 11) is 1.70. The van der Waals surface area contributed by atoms with Gasteiger partial charge >= 0.3 is 0 Å². The minimum Gasteiger partial charge on any atom is -0.492 e. The van der Waals surface area contributed by atoms with Crippen molar-refractivity contribution in [3.05, 3.63) is 59.1 Å². The van der Waals surface area contributed by atoms with Crippen molar-refractivity contribution < 1.29 is 14.3 Å². The molecule has 0 bridgehead atoms. The van der Waals surface area contributed by atoms with E-state index in [1.807, 2.05) is 6.07 Å². The van der Waals surface area contributed by atoms with Gasteiger partial charge in [-0.05, 0) is 55.5 Å². The van der Waals surface area contributed by atoms with E-state index in [4.69, 9.17) is 26.3 Å². The molecule has 0 aliphatic heterocycles. The lowest BCUT2D eigenvalue weighted by Gasteiger charge is -2.22. The van der Waals surface area contributed by atoms with E-state index in [0.717, 1.165) is 0 Å². The Balaban J connectivity index is 1.79. The highest BCUT2D eigenvalue weighted by Gasteiger charge is 2.19. The maximum atomic E-state index is 12.3. The van der Waals surface area contributed by atoms with Gasteiger partial charge in [-0.25, -0.2) is 0 Å². The molecule has 5 nitrogen and oxygen atoms in total. The Hall–Kier alpha value is -2.71. The molecule has 1 amide bonds. The number of amides is 1. The largest absolute Gasteiger partial charge is 0.492 e. The summed E-state index contributed by atoms with van der Waals surface area (Å²) in [4.78, 5) is 13.9. The summed E-state index contributed by atoms with van der Waals surface area (Å²) in [6, 6.07) is 15.7. The summed E-state index contributed by atoms with van der Waals surface area (Å²) in [5, 5.41) is 9.43. The average Bonchev–Trinajstić information content (AvgIpc) is 2.63. The number of benzene rings is 2. The van der Waals surface area contributed by atoms with Crippen LogP contribution in [0.5, 0.6) is 11.5 Å². The molecule has 0 fully saturated rings.